The third kappa shape index (κ3) is 3.88. The van der Waals surface area contributed by atoms with Crippen LogP contribution in [-0.4, -0.2) is 66.3 Å². The first-order valence-corrected chi connectivity index (χ1v) is 7.83. The van der Waals surface area contributed by atoms with E-state index in [4.69, 9.17) is 22.7 Å². The Kier molecular flexibility index (Phi) is 5.57. The fourth-order valence-electron chi connectivity index (χ4n) is 3.34. The van der Waals surface area contributed by atoms with Gasteiger partial charge in [0, 0.05) is 39.3 Å². The summed E-state index contributed by atoms with van der Waals surface area (Å²) in [6.45, 7) is 6.53. The van der Waals surface area contributed by atoms with Crippen molar-refractivity contribution in [2.45, 2.75) is 50.8 Å². The van der Waals surface area contributed by atoms with Gasteiger partial charge in [0.25, 0.3) is 0 Å². The Hall–Kier alpha value is -0.230. The van der Waals surface area contributed by atoms with Gasteiger partial charge in [-0.15, -0.1) is 0 Å². The first kappa shape index (κ1) is 15.2. The first-order valence-electron chi connectivity index (χ1n) is 7.42. The minimum Gasteiger partial charge on any atom is -0.392 e. The lowest BCUT2D eigenvalue weighted by Crippen LogP contribution is -2.55. The molecule has 4 nitrogen and oxygen atoms in total. The number of nitrogens with zero attached hydrogens (tertiary/aromatic N) is 2. The van der Waals surface area contributed by atoms with Gasteiger partial charge in [0.1, 0.15) is 0 Å². The largest absolute Gasteiger partial charge is 0.392 e. The summed E-state index contributed by atoms with van der Waals surface area (Å²) in [7, 11) is 1.84. The maximum atomic E-state index is 5.74. The van der Waals surface area contributed by atoms with Gasteiger partial charge in [-0.3, -0.25) is 9.80 Å². The van der Waals surface area contributed by atoms with Crippen LogP contribution in [0.4, 0.5) is 0 Å². The minimum absolute atomic E-state index is 0.232. The van der Waals surface area contributed by atoms with Crippen LogP contribution in [0.5, 0.6) is 0 Å². The second kappa shape index (κ2) is 6.97. The zero-order valence-electron chi connectivity index (χ0n) is 12.2. The molecule has 0 aromatic carbocycles. The summed E-state index contributed by atoms with van der Waals surface area (Å²) in [6.07, 6.45) is 5.51. The molecule has 2 N–H and O–H groups in total. The van der Waals surface area contributed by atoms with Crippen molar-refractivity contribution in [3.05, 3.63) is 0 Å². The lowest BCUT2D eigenvalue weighted by molar-refractivity contribution is 0.0101. The Morgan fingerprint density at radius 2 is 1.95 bits per heavy atom. The average Bonchev–Trinajstić information content (AvgIpc) is 2.46. The van der Waals surface area contributed by atoms with Crippen LogP contribution >= 0.6 is 12.2 Å². The summed E-state index contributed by atoms with van der Waals surface area (Å²) in [5.41, 5.74) is 5.74. The number of nitrogens with two attached hydrogens (primary N) is 1. The molecule has 110 valence electrons. The van der Waals surface area contributed by atoms with Gasteiger partial charge in [-0.1, -0.05) is 12.2 Å². The predicted molar refractivity (Wildman–Crippen MR) is 82.4 cm³/mol. The van der Waals surface area contributed by atoms with E-state index in [1.54, 1.807) is 0 Å². The standard InChI is InChI=1S/C14H27N3OS/c1-11(14(15)19)16-6-8-17(9-7-16)12-4-3-5-13(10-12)18-2/h11-13H,3-10H2,1-2H3,(H2,15,19). The molecule has 1 saturated heterocycles. The molecule has 3 atom stereocenters. The molecular formula is C14H27N3OS. The molecule has 0 aromatic rings. The maximum Gasteiger partial charge on any atom is 0.0899 e. The Labute approximate surface area is 122 Å². The van der Waals surface area contributed by atoms with Crippen LogP contribution in [0.25, 0.3) is 0 Å². The summed E-state index contributed by atoms with van der Waals surface area (Å²) in [5, 5.41) is 0. The highest BCUT2D eigenvalue weighted by Gasteiger charge is 2.30. The van der Waals surface area contributed by atoms with Crippen molar-refractivity contribution in [3.8, 4) is 0 Å². The Morgan fingerprint density at radius 3 is 2.53 bits per heavy atom. The monoisotopic (exact) mass is 285 g/mol. The smallest absolute Gasteiger partial charge is 0.0899 e. The summed E-state index contributed by atoms with van der Waals surface area (Å²) < 4.78 is 5.53. The molecule has 0 radical (unpaired) electrons. The molecular weight excluding hydrogens is 258 g/mol. The van der Waals surface area contributed by atoms with E-state index in [-0.39, 0.29) is 6.04 Å². The molecule has 1 heterocycles. The van der Waals surface area contributed by atoms with Crippen LogP contribution < -0.4 is 5.73 Å². The topological polar surface area (TPSA) is 41.7 Å². The fourth-order valence-corrected chi connectivity index (χ4v) is 3.48. The van der Waals surface area contributed by atoms with Gasteiger partial charge in [-0.2, -0.15) is 0 Å². The van der Waals surface area contributed by atoms with Gasteiger partial charge in [-0.05, 0) is 32.6 Å². The predicted octanol–water partition coefficient (Wildman–Crippen LogP) is 1.24. The number of ether oxygens (including phenoxy) is 1. The Bertz CT molecular complexity index is 305. The summed E-state index contributed by atoms with van der Waals surface area (Å²) in [6, 6.07) is 0.941. The molecule has 19 heavy (non-hydrogen) atoms. The van der Waals surface area contributed by atoms with E-state index < -0.39 is 0 Å². The van der Waals surface area contributed by atoms with Gasteiger partial charge < -0.3 is 10.5 Å². The zero-order chi connectivity index (χ0) is 13.8. The highest BCUT2D eigenvalue weighted by Crippen LogP contribution is 2.25. The second-order valence-corrected chi connectivity index (χ2v) is 6.30. The van der Waals surface area contributed by atoms with Crippen LogP contribution in [0.2, 0.25) is 0 Å². The van der Waals surface area contributed by atoms with Crippen molar-refractivity contribution in [2.75, 3.05) is 33.3 Å². The highest BCUT2D eigenvalue weighted by molar-refractivity contribution is 7.80. The normalized spacial score (nSPS) is 32.1. The van der Waals surface area contributed by atoms with E-state index in [9.17, 15) is 0 Å². The second-order valence-electron chi connectivity index (χ2n) is 5.83. The van der Waals surface area contributed by atoms with Crippen molar-refractivity contribution in [2.24, 2.45) is 5.73 Å². The number of methoxy groups -OCH3 is 1. The number of rotatable bonds is 4. The van der Waals surface area contributed by atoms with Crippen LogP contribution in [0.1, 0.15) is 32.6 Å². The molecule has 1 aliphatic heterocycles. The van der Waals surface area contributed by atoms with E-state index in [1.807, 2.05) is 7.11 Å². The first-order chi connectivity index (χ1) is 9.11. The van der Waals surface area contributed by atoms with Crippen LogP contribution in [0.15, 0.2) is 0 Å². The SMILES string of the molecule is COC1CCCC(N2CCN(C(C)C(N)=S)CC2)C1. The van der Waals surface area contributed by atoms with Gasteiger partial charge in [0.15, 0.2) is 0 Å². The van der Waals surface area contributed by atoms with Crippen molar-refractivity contribution < 1.29 is 4.74 Å². The third-order valence-electron chi connectivity index (χ3n) is 4.76. The number of hydrogen-bond acceptors (Lipinski definition) is 4. The van der Waals surface area contributed by atoms with Crippen molar-refractivity contribution in [3.63, 3.8) is 0 Å². The summed E-state index contributed by atoms with van der Waals surface area (Å²) >= 11 is 5.09. The molecule has 0 spiro atoms. The molecule has 2 rings (SSSR count). The van der Waals surface area contributed by atoms with Gasteiger partial charge in [-0.25, -0.2) is 0 Å². The highest BCUT2D eigenvalue weighted by atomic mass is 32.1. The molecule has 1 saturated carbocycles. The molecule has 0 aromatic heterocycles. The summed E-state index contributed by atoms with van der Waals surface area (Å²) in [5.74, 6) is 0. The van der Waals surface area contributed by atoms with Gasteiger partial charge in [0.2, 0.25) is 0 Å². The number of thiocarbonyl (C=S) groups is 1. The molecule has 5 heteroatoms. The van der Waals surface area contributed by atoms with Crippen molar-refractivity contribution in [1.82, 2.24) is 9.80 Å². The molecule has 0 bridgehead atoms. The number of piperazine rings is 1. The molecule has 2 fully saturated rings. The van der Waals surface area contributed by atoms with Crippen molar-refractivity contribution in [1.29, 1.82) is 0 Å². The van der Waals surface area contributed by atoms with E-state index in [0.29, 0.717) is 17.1 Å². The van der Waals surface area contributed by atoms with E-state index in [1.165, 1.54) is 25.7 Å². The lowest BCUT2D eigenvalue weighted by atomic mass is 9.91. The van der Waals surface area contributed by atoms with Gasteiger partial charge in [0.05, 0.1) is 17.1 Å². The molecule has 1 aliphatic carbocycles. The van der Waals surface area contributed by atoms with E-state index >= 15 is 0 Å². The quantitative estimate of drug-likeness (QED) is 0.787. The van der Waals surface area contributed by atoms with Gasteiger partial charge >= 0.3 is 0 Å². The van der Waals surface area contributed by atoms with Crippen LogP contribution in [0, 0.1) is 0 Å². The molecule has 0 amide bonds. The minimum atomic E-state index is 0.232. The maximum absolute atomic E-state index is 5.74. The Balaban J connectivity index is 1.81. The summed E-state index contributed by atoms with van der Waals surface area (Å²) in [4.78, 5) is 5.65. The molecule has 3 unspecified atom stereocenters. The average molecular weight is 285 g/mol. The van der Waals surface area contributed by atoms with Crippen molar-refractivity contribution >= 4 is 17.2 Å². The fraction of sp³-hybridized carbons (Fsp3) is 0.929. The van der Waals surface area contributed by atoms with Crippen LogP contribution in [-0.2, 0) is 4.74 Å². The third-order valence-corrected chi connectivity index (χ3v) is 5.10. The zero-order valence-corrected chi connectivity index (χ0v) is 13.0. The Morgan fingerprint density at radius 1 is 1.26 bits per heavy atom. The lowest BCUT2D eigenvalue weighted by Gasteiger charge is -2.43. The molecule has 2 aliphatic rings. The van der Waals surface area contributed by atoms with E-state index in [2.05, 4.69) is 16.7 Å². The van der Waals surface area contributed by atoms with Crippen LogP contribution in [0.3, 0.4) is 0 Å². The number of hydrogen-bond donors (Lipinski definition) is 1. The van der Waals surface area contributed by atoms with E-state index in [0.717, 1.165) is 26.2 Å².